The maximum atomic E-state index is 14.2. The molecule has 0 aliphatic heterocycles. The molecule has 0 fully saturated rings. The number of hydrogen-bond donors (Lipinski definition) is 1. The molecule has 1 N–H and O–H groups in total. The summed E-state index contributed by atoms with van der Waals surface area (Å²) < 4.78 is 45.7. The van der Waals surface area contributed by atoms with Crippen LogP contribution in [0.4, 0.5) is 5.69 Å². The minimum atomic E-state index is -4.30. The number of sulfonamides is 1. The van der Waals surface area contributed by atoms with E-state index in [1.165, 1.54) is 37.3 Å². The summed E-state index contributed by atoms with van der Waals surface area (Å²) >= 11 is 0. The number of ether oxygens (including phenoxy) is 3. The van der Waals surface area contributed by atoms with E-state index in [2.05, 4.69) is 5.32 Å². The molecule has 2 amide bonds. The highest BCUT2D eigenvalue weighted by Gasteiger charge is 2.34. The maximum absolute atomic E-state index is 14.2. The Bertz CT molecular complexity index is 1460. The van der Waals surface area contributed by atoms with Crippen LogP contribution in [0.5, 0.6) is 17.2 Å². The molecule has 0 bridgehead atoms. The van der Waals surface area contributed by atoms with Crippen molar-refractivity contribution in [2.24, 2.45) is 0 Å². The summed E-state index contributed by atoms with van der Waals surface area (Å²) in [5, 5.41) is 2.93. The first-order valence-electron chi connectivity index (χ1n) is 14.8. The van der Waals surface area contributed by atoms with E-state index in [1.807, 2.05) is 51.1 Å². The van der Waals surface area contributed by atoms with E-state index in [4.69, 9.17) is 14.2 Å². The van der Waals surface area contributed by atoms with Crippen molar-refractivity contribution in [3.05, 3.63) is 78.4 Å². The van der Waals surface area contributed by atoms with E-state index >= 15 is 0 Å². The fraction of sp³-hybridized carbons (Fsp3) is 0.394. The van der Waals surface area contributed by atoms with Crippen molar-refractivity contribution in [2.75, 3.05) is 38.2 Å². The molecule has 10 nitrogen and oxygen atoms in total. The number of methoxy groups -OCH3 is 2. The highest BCUT2D eigenvalue weighted by Crippen LogP contribution is 2.33. The van der Waals surface area contributed by atoms with Gasteiger partial charge in [0.05, 0.1) is 31.4 Å². The van der Waals surface area contributed by atoms with Crippen LogP contribution in [0.15, 0.2) is 77.7 Å². The molecule has 0 saturated heterocycles. The predicted molar refractivity (Wildman–Crippen MR) is 171 cm³/mol. The van der Waals surface area contributed by atoms with Crippen LogP contribution >= 0.6 is 0 Å². The number of unbranched alkanes of at least 4 members (excludes halogenated alkanes) is 1. The fourth-order valence-corrected chi connectivity index (χ4v) is 6.14. The van der Waals surface area contributed by atoms with Gasteiger partial charge in [0.25, 0.3) is 10.0 Å². The summed E-state index contributed by atoms with van der Waals surface area (Å²) in [5.41, 5.74) is 1.08. The lowest BCUT2D eigenvalue weighted by molar-refractivity contribution is -0.140. The van der Waals surface area contributed by atoms with E-state index in [0.717, 1.165) is 22.7 Å². The van der Waals surface area contributed by atoms with Crippen LogP contribution in [0.1, 0.15) is 45.6 Å². The third kappa shape index (κ3) is 8.66. The first-order valence-corrected chi connectivity index (χ1v) is 16.2. The van der Waals surface area contributed by atoms with Crippen LogP contribution in [-0.4, -0.2) is 65.1 Å². The zero-order chi connectivity index (χ0) is 32.1. The van der Waals surface area contributed by atoms with Crippen LogP contribution in [0, 0.1) is 0 Å². The standard InChI is InChI=1S/C33H43N3O7S/c1-6-9-21-34-33(38)29(7-2)35(23-25-13-11-10-12-14-25)32(37)24-36(26-15-17-27(18-16-26)43-8-3)44(39,40)28-19-20-30(41-4)31(22-28)42-5/h10-20,22,29H,6-9,21,23-24H2,1-5H3,(H,34,38). The molecule has 3 aromatic carbocycles. The van der Waals surface area contributed by atoms with Crippen LogP contribution < -0.4 is 23.8 Å². The van der Waals surface area contributed by atoms with Gasteiger partial charge in [-0.3, -0.25) is 13.9 Å². The Morgan fingerprint density at radius 3 is 2.16 bits per heavy atom. The van der Waals surface area contributed by atoms with Crippen molar-refractivity contribution >= 4 is 27.5 Å². The molecule has 0 saturated carbocycles. The summed E-state index contributed by atoms with van der Waals surface area (Å²) in [4.78, 5) is 28.9. The van der Waals surface area contributed by atoms with Crippen LogP contribution in [-0.2, 0) is 26.2 Å². The molecule has 0 heterocycles. The number of nitrogens with one attached hydrogen (secondary N) is 1. The highest BCUT2D eigenvalue weighted by atomic mass is 32.2. The molecule has 0 radical (unpaired) electrons. The number of benzene rings is 3. The van der Waals surface area contributed by atoms with Gasteiger partial charge in [-0.25, -0.2) is 8.42 Å². The van der Waals surface area contributed by atoms with Gasteiger partial charge in [-0.05, 0) is 61.7 Å². The average Bonchev–Trinajstić information content (AvgIpc) is 3.04. The number of hydrogen-bond acceptors (Lipinski definition) is 7. The van der Waals surface area contributed by atoms with E-state index in [-0.39, 0.29) is 28.8 Å². The van der Waals surface area contributed by atoms with Gasteiger partial charge in [0.15, 0.2) is 11.5 Å². The van der Waals surface area contributed by atoms with Gasteiger partial charge in [0.2, 0.25) is 11.8 Å². The molecular formula is C33H43N3O7S. The first kappa shape index (κ1) is 34.2. The number of rotatable bonds is 17. The molecular weight excluding hydrogens is 582 g/mol. The molecule has 1 unspecified atom stereocenters. The van der Waals surface area contributed by atoms with Gasteiger partial charge < -0.3 is 24.4 Å². The Morgan fingerprint density at radius 1 is 0.886 bits per heavy atom. The Hall–Kier alpha value is -4.25. The lowest BCUT2D eigenvalue weighted by Gasteiger charge is -2.33. The molecule has 0 aliphatic rings. The number of carbonyl (C=O) groups is 2. The zero-order valence-corrected chi connectivity index (χ0v) is 26.9. The van der Waals surface area contributed by atoms with E-state index in [1.54, 1.807) is 24.3 Å². The summed E-state index contributed by atoms with van der Waals surface area (Å²) in [7, 11) is -1.42. The molecule has 44 heavy (non-hydrogen) atoms. The average molecular weight is 626 g/mol. The molecule has 3 aromatic rings. The molecule has 0 aliphatic carbocycles. The first-order chi connectivity index (χ1) is 21.2. The summed E-state index contributed by atoms with van der Waals surface area (Å²) in [5.74, 6) is 0.354. The van der Waals surface area contributed by atoms with Crippen molar-refractivity contribution in [2.45, 2.75) is 57.5 Å². The van der Waals surface area contributed by atoms with Gasteiger partial charge in [0, 0.05) is 19.2 Å². The molecule has 1 atom stereocenters. The van der Waals surface area contributed by atoms with Crippen molar-refractivity contribution in [1.29, 1.82) is 0 Å². The van der Waals surface area contributed by atoms with Gasteiger partial charge in [-0.2, -0.15) is 0 Å². The lowest BCUT2D eigenvalue weighted by Crippen LogP contribution is -2.52. The largest absolute Gasteiger partial charge is 0.494 e. The molecule has 238 valence electrons. The van der Waals surface area contributed by atoms with Crippen molar-refractivity contribution in [1.82, 2.24) is 10.2 Å². The van der Waals surface area contributed by atoms with Gasteiger partial charge in [-0.1, -0.05) is 50.6 Å². The normalized spacial score (nSPS) is 11.8. The van der Waals surface area contributed by atoms with E-state index < -0.39 is 28.5 Å². The predicted octanol–water partition coefficient (Wildman–Crippen LogP) is 5.02. The van der Waals surface area contributed by atoms with Gasteiger partial charge >= 0.3 is 0 Å². The van der Waals surface area contributed by atoms with Crippen LogP contribution in [0.2, 0.25) is 0 Å². The molecule has 3 rings (SSSR count). The van der Waals surface area contributed by atoms with E-state index in [0.29, 0.717) is 31.1 Å². The smallest absolute Gasteiger partial charge is 0.264 e. The minimum absolute atomic E-state index is 0.0872. The van der Waals surface area contributed by atoms with E-state index in [9.17, 15) is 18.0 Å². The van der Waals surface area contributed by atoms with Crippen LogP contribution in [0.25, 0.3) is 0 Å². The van der Waals surface area contributed by atoms with Gasteiger partial charge in [-0.15, -0.1) is 0 Å². The Kier molecular flexibility index (Phi) is 12.9. The van der Waals surface area contributed by atoms with Crippen LogP contribution in [0.3, 0.4) is 0 Å². The van der Waals surface area contributed by atoms with Crippen molar-refractivity contribution in [3.8, 4) is 17.2 Å². The second-order valence-electron chi connectivity index (χ2n) is 10.0. The number of carbonyl (C=O) groups excluding carboxylic acids is 2. The number of anilines is 1. The summed E-state index contributed by atoms with van der Waals surface area (Å²) in [6.45, 7) is 6.24. The number of amides is 2. The quantitative estimate of drug-likeness (QED) is 0.210. The third-order valence-corrected chi connectivity index (χ3v) is 8.84. The van der Waals surface area contributed by atoms with Crippen molar-refractivity contribution in [3.63, 3.8) is 0 Å². The van der Waals surface area contributed by atoms with Gasteiger partial charge in [0.1, 0.15) is 18.3 Å². The van der Waals surface area contributed by atoms with Crippen molar-refractivity contribution < 1.29 is 32.2 Å². The summed E-state index contributed by atoms with van der Waals surface area (Å²) in [6.07, 6.45) is 2.07. The maximum Gasteiger partial charge on any atom is 0.264 e. The molecule has 0 spiro atoms. The Labute approximate surface area is 261 Å². The Morgan fingerprint density at radius 2 is 1.57 bits per heavy atom. The third-order valence-electron chi connectivity index (χ3n) is 7.07. The summed E-state index contributed by atoms with van der Waals surface area (Å²) in [6, 6.07) is 19.3. The monoisotopic (exact) mass is 625 g/mol. The lowest BCUT2D eigenvalue weighted by atomic mass is 10.1. The molecule has 0 aromatic heterocycles. The minimum Gasteiger partial charge on any atom is -0.494 e. The fourth-order valence-electron chi connectivity index (χ4n) is 4.71. The topological polar surface area (TPSA) is 114 Å². The SMILES string of the molecule is CCCCNC(=O)C(CC)N(Cc1ccccc1)C(=O)CN(c1ccc(OCC)cc1)S(=O)(=O)c1ccc(OC)c(OC)c1. The molecule has 11 heteroatoms. The second kappa shape index (κ2) is 16.6. The second-order valence-corrected chi connectivity index (χ2v) is 11.9. The Balaban J connectivity index is 2.07. The number of nitrogens with zero attached hydrogens (tertiary/aromatic N) is 2. The zero-order valence-electron chi connectivity index (χ0n) is 26.1. The highest BCUT2D eigenvalue weighted by molar-refractivity contribution is 7.92.